The van der Waals surface area contributed by atoms with Crippen LogP contribution in [0.15, 0.2) is 47.2 Å². The van der Waals surface area contributed by atoms with Crippen molar-refractivity contribution in [2.24, 2.45) is 0 Å². The van der Waals surface area contributed by atoms with E-state index in [2.05, 4.69) is 46.9 Å². The highest BCUT2D eigenvalue weighted by Gasteiger charge is 2.14. The molecule has 0 fully saturated rings. The third-order valence-electron chi connectivity index (χ3n) is 2.26. The molecule has 0 radical (unpaired) electrons. The Kier molecular flexibility index (Phi) is 3.93. The lowest BCUT2D eigenvalue weighted by molar-refractivity contribution is 0.660. The van der Waals surface area contributed by atoms with Gasteiger partial charge in [-0.05, 0) is 29.8 Å². The molecular formula is C13H15NS2. The van der Waals surface area contributed by atoms with Crippen molar-refractivity contribution >= 4 is 22.7 Å². The summed E-state index contributed by atoms with van der Waals surface area (Å²) in [5.41, 5.74) is 1.16. The van der Waals surface area contributed by atoms with E-state index in [9.17, 15) is 0 Å². The monoisotopic (exact) mass is 249 g/mol. The Balaban J connectivity index is 2.17. The number of thiophene rings is 2. The molecule has 1 nitrogen and oxygen atoms in total. The average molecular weight is 249 g/mol. The second-order valence-electron chi connectivity index (χ2n) is 3.80. The number of hydrogen-bond donors (Lipinski definition) is 1. The van der Waals surface area contributed by atoms with Gasteiger partial charge in [0, 0.05) is 16.3 Å². The van der Waals surface area contributed by atoms with Crippen LogP contribution >= 0.6 is 22.7 Å². The predicted molar refractivity (Wildman–Crippen MR) is 73.3 cm³/mol. The summed E-state index contributed by atoms with van der Waals surface area (Å²) in [5, 5.41) is 7.79. The first-order valence-electron chi connectivity index (χ1n) is 5.22. The quantitative estimate of drug-likeness (QED) is 0.788. The minimum absolute atomic E-state index is 0.316. The van der Waals surface area contributed by atoms with Crippen molar-refractivity contribution in [3.05, 3.63) is 56.9 Å². The summed E-state index contributed by atoms with van der Waals surface area (Å²) in [6.07, 6.45) is 0. The van der Waals surface area contributed by atoms with E-state index in [1.165, 1.54) is 9.75 Å². The molecule has 2 rings (SSSR count). The largest absolute Gasteiger partial charge is 0.301 e. The van der Waals surface area contributed by atoms with E-state index in [1.54, 1.807) is 22.7 Å². The third kappa shape index (κ3) is 2.82. The number of hydrogen-bond acceptors (Lipinski definition) is 3. The average Bonchev–Trinajstić information content (AvgIpc) is 2.88. The fourth-order valence-electron chi connectivity index (χ4n) is 1.53. The van der Waals surface area contributed by atoms with Gasteiger partial charge in [0.1, 0.15) is 0 Å². The van der Waals surface area contributed by atoms with Gasteiger partial charge in [0.15, 0.2) is 0 Å². The molecule has 0 unspecified atom stereocenters. The van der Waals surface area contributed by atoms with Gasteiger partial charge in [0.2, 0.25) is 0 Å². The van der Waals surface area contributed by atoms with Gasteiger partial charge in [-0.3, -0.25) is 0 Å². The van der Waals surface area contributed by atoms with E-state index < -0.39 is 0 Å². The van der Waals surface area contributed by atoms with Crippen LogP contribution in [0.25, 0.3) is 0 Å². The summed E-state index contributed by atoms with van der Waals surface area (Å²) in [6.45, 7) is 6.84. The zero-order chi connectivity index (χ0) is 11.4. The molecule has 84 valence electrons. The normalized spacial score (nSPS) is 10.9. The first kappa shape index (κ1) is 11.6. The van der Waals surface area contributed by atoms with E-state index in [-0.39, 0.29) is 0 Å². The summed E-state index contributed by atoms with van der Waals surface area (Å²) in [7, 11) is 0. The van der Waals surface area contributed by atoms with Gasteiger partial charge in [0.05, 0.1) is 6.04 Å². The molecule has 3 heteroatoms. The van der Waals surface area contributed by atoms with Crippen molar-refractivity contribution in [2.75, 3.05) is 6.54 Å². The van der Waals surface area contributed by atoms with Gasteiger partial charge in [-0.15, -0.1) is 22.7 Å². The van der Waals surface area contributed by atoms with Crippen molar-refractivity contribution in [1.82, 2.24) is 5.32 Å². The lowest BCUT2D eigenvalue weighted by Gasteiger charge is -2.16. The summed E-state index contributed by atoms with van der Waals surface area (Å²) in [6, 6.07) is 8.88. The minimum atomic E-state index is 0.316. The summed E-state index contributed by atoms with van der Waals surface area (Å²) in [5.74, 6) is 0. The smallest absolute Gasteiger partial charge is 0.0767 e. The first-order chi connectivity index (χ1) is 7.77. The van der Waals surface area contributed by atoms with Crippen molar-refractivity contribution < 1.29 is 0 Å². The lowest BCUT2D eigenvalue weighted by atomic mass is 10.2. The Morgan fingerprint density at radius 1 is 1.25 bits per heavy atom. The maximum absolute atomic E-state index is 3.93. The van der Waals surface area contributed by atoms with E-state index >= 15 is 0 Å². The Morgan fingerprint density at radius 3 is 2.19 bits per heavy atom. The molecule has 16 heavy (non-hydrogen) atoms. The van der Waals surface area contributed by atoms with Crippen molar-refractivity contribution in [3.8, 4) is 0 Å². The molecule has 0 spiro atoms. The molecule has 0 amide bonds. The molecule has 0 bridgehead atoms. The van der Waals surface area contributed by atoms with Crippen LogP contribution in [0.2, 0.25) is 0 Å². The lowest BCUT2D eigenvalue weighted by Crippen LogP contribution is -2.22. The van der Waals surface area contributed by atoms with Gasteiger partial charge >= 0.3 is 0 Å². The van der Waals surface area contributed by atoms with Crippen LogP contribution in [0, 0.1) is 0 Å². The maximum Gasteiger partial charge on any atom is 0.0767 e. The standard InChI is InChI=1S/C13H15NS2/c1-10(2)9-14-13(11-5-3-7-15-11)12-6-4-8-16-12/h3-8,13-14H,1,9H2,2H3. The van der Waals surface area contributed by atoms with Crippen molar-refractivity contribution in [2.45, 2.75) is 13.0 Å². The molecule has 1 N–H and O–H groups in total. The Bertz CT molecular complexity index is 394. The molecule has 2 aromatic rings. The van der Waals surface area contributed by atoms with Crippen LogP contribution in [0.1, 0.15) is 22.7 Å². The van der Waals surface area contributed by atoms with E-state index in [1.807, 2.05) is 6.92 Å². The summed E-state index contributed by atoms with van der Waals surface area (Å²) >= 11 is 3.59. The Morgan fingerprint density at radius 2 is 1.81 bits per heavy atom. The highest BCUT2D eigenvalue weighted by Crippen LogP contribution is 2.29. The van der Waals surface area contributed by atoms with Gasteiger partial charge < -0.3 is 5.32 Å². The van der Waals surface area contributed by atoms with E-state index in [0.717, 1.165) is 12.1 Å². The van der Waals surface area contributed by atoms with Gasteiger partial charge in [-0.1, -0.05) is 24.3 Å². The summed E-state index contributed by atoms with van der Waals surface area (Å²) < 4.78 is 0. The van der Waals surface area contributed by atoms with Crippen LogP contribution in [0.5, 0.6) is 0 Å². The molecular weight excluding hydrogens is 234 g/mol. The van der Waals surface area contributed by atoms with Gasteiger partial charge in [-0.25, -0.2) is 0 Å². The van der Waals surface area contributed by atoms with Crippen LogP contribution in [-0.4, -0.2) is 6.54 Å². The molecule has 2 aromatic heterocycles. The first-order valence-corrected chi connectivity index (χ1v) is 6.98. The molecule has 2 heterocycles. The minimum Gasteiger partial charge on any atom is -0.301 e. The molecule has 0 aliphatic rings. The van der Waals surface area contributed by atoms with Crippen molar-refractivity contribution in [1.29, 1.82) is 0 Å². The van der Waals surface area contributed by atoms with Crippen molar-refractivity contribution in [3.63, 3.8) is 0 Å². The van der Waals surface area contributed by atoms with E-state index in [0.29, 0.717) is 6.04 Å². The predicted octanol–water partition coefficient (Wildman–Crippen LogP) is 4.06. The van der Waals surface area contributed by atoms with Crippen LogP contribution in [-0.2, 0) is 0 Å². The zero-order valence-electron chi connectivity index (χ0n) is 9.27. The highest BCUT2D eigenvalue weighted by molar-refractivity contribution is 7.11. The highest BCUT2D eigenvalue weighted by atomic mass is 32.1. The Labute approximate surface area is 104 Å². The molecule has 0 aromatic carbocycles. The topological polar surface area (TPSA) is 12.0 Å². The molecule has 0 atom stereocenters. The summed E-state index contributed by atoms with van der Waals surface area (Å²) in [4.78, 5) is 2.73. The second kappa shape index (κ2) is 5.43. The van der Waals surface area contributed by atoms with Crippen LogP contribution in [0.4, 0.5) is 0 Å². The zero-order valence-corrected chi connectivity index (χ0v) is 10.9. The van der Waals surface area contributed by atoms with Gasteiger partial charge in [-0.2, -0.15) is 0 Å². The molecule has 0 aliphatic carbocycles. The molecule has 0 aliphatic heterocycles. The molecule has 0 saturated carbocycles. The molecule has 0 saturated heterocycles. The van der Waals surface area contributed by atoms with Crippen LogP contribution in [0.3, 0.4) is 0 Å². The number of rotatable bonds is 5. The van der Waals surface area contributed by atoms with Gasteiger partial charge in [0.25, 0.3) is 0 Å². The SMILES string of the molecule is C=C(C)CNC(c1cccs1)c1cccs1. The second-order valence-corrected chi connectivity index (χ2v) is 5.76. The third-order valence-corrected chi connectivity index (χ3v) is 4.14. The Hall–Kier alpha value is -0.900. The fraction of sp³-hybridized carbons (Fsp3) is 0.231. The van der Waals surface area contributed by atoms with E-state index in [4.69, 9.17) is 0 Å². The number of nitrogens with one attached hydrogen (secondary N) is 1. The fourth-order valence-corrected chi connectivity index (χ4v) is 3.24. The maximum atomic E-state index is 3.93. The van der Waals surface area contributed by atoms with Crippen LogP contribution < -0.4 is 5.32 Å².